The van der Waals surface area contributed by atoms with E-state index < -0.39 is 0 Å². The molecule has 0 aliphatic carbocycles. The third-order valence-corrected chi connectivity index (χ3v) is 3.59. The molecule has 2 unspecified atom stereocenters. The number of nitrogens with one attached hydrogen (secondary N) is 1. The van der Waals surface area contributed by atoms with Crippen molar-refractivity contribution in [1.82, 2.24) is 5.32 Å². The standard InChI is InChI=1S/C16H23NO2/c1-3-9-19-16-6-4-14(5-7-16)11-17-13(2)15-8-10-18-12-15/h3-7,13,15,17H,1,8-12H2,2H3. The second kappa shape index (κ2) is 7.31. The fourth-order valence-electron chi connectivity index (χ4n) is 2.25. The Hall–Kier alpha value is -1.32. The van der Waals surface area contributed by atoms with Crippen LogP contribution in [-0.4, -0.2) is 25.9 Å². The zero-order valence-electron chi connectivity index (χ0n) is 11.6. The third-order valence-electron chi connectivity index (χ3n) is 3.59. The van der Waals surface area contributed by atoms with Crippen molar-refractivity contribution in [3.05, 3.63) is 42.5 Å². The Kier molecular flexibility index (Phi) is 5.43. The SMILES string of the molecule is C=CCOc1ccc(CNC(C)C2CCOC2)cc1. The highest BCUT2D eigenvalue weighted by Gasteiger charge is 2.21. The van der Waals surface area contributed by atoms with Crippen LogP contribution in [0.5, 0.6) is 5.75 Å². The molecule has 1 aliphatic rings. The van der Waals surface area contributed by atoms with E-state index in [0.29, 0.717) is 18.6 Å². The van der Waals surface area contributed by atoms with Crippen molar-refractivity contribution in [2.45, 2.75) is 25.9 Å². The summed E-state index contributed by atoms with van der Waals surface area (Å²) in [6.45, 7) is 9.11. The van der Waals surface area contributed by atoms with E-state index in [0.717, 1.165) is 25.5 Å². The van der Waals surface area contributed by atoms with Gasteiger partial charge < -0.3 is 14.8 Å². The molecule has 2 atom stereocenters. The van der Waals surface area contributed by atoms with Gasteiger partial charge in [0.1, 0.15) is 12.4 Å². The monoisotopic (exact) mass is 261 g/mol. The van der Waals surface area contributed by atoms with Crippen LogP contribution < -0.4 is 10.1 Å². The average Bonchev–Trinajstić information content (AvgIpc) is 2.98. The Morgan fingerprint density at radius 3 is 2.89 bits per heavy atom. The minimum Gasteiger partial charge on any atom is -0.490 e. The lowest BCUT2D eigenvalue weighted by Crippen LogP contribution is -2.33. The van der Waals surface area contributed by atoms with Crippen LogP contribution in [0.25, 0.3) is 0 Å². The summed E-state index contributed by atoms with van der Waals surface area (Å²) in [4.78, 5) is 0. The molecule has 1 saturated heterocycles. The van der Waals surface area contributed by atoms with Crippen LogP contribution >= 0.6 is 0 Å². The first-order valence-corrected chi connectivity index (χ1v) is 6.93. The minimum absolute atomic E-state index is 0.499. The molecule has 0 saturated carbocycles. The minimum atomic E-state index is 0.499. The Morgan fingerprint density at radius 2 is 2.26 bits per heavy atom. The molecule has 0 aromatic heterocycles. The van der Waals surface area contributed by atoms with Crippen molar-refractivity contribution < 1.29 is 9.47 Å². The van der Waals surface area contributed by atoms with E-state index in [9.17, 15) is 0 Å². The van der Waals surface area contributed by atoms with E-state index in [1.807, 2.05) is 12.1 Å². The first kappa shape index (κ1) is 14.1. The highest BCUT2D eigenvalue weighted by Crippen LogP contribution is 2.17. The predicted molar refractivity (Wildman–Crippen MR) is 77.4 cm³/mol. The molecular formula is C16H23NO2. The van der Waals surface area contributed by atoms with Crippen LogP contribution in [0, 0.1) is 5.92 Å². The maximum atomic E-state index is 5.46. The number of hydrogen-bond donors (Lipinski definition) is 1. The lowest BCUT2D eigenvalue weighted by atomic mass is 10.0. The van der Waals surface area contributed by atoms with Crippen molar-refractivity contribution in [3.8, 4) is 5.75 Å². The van der Waals surface area contributed by atoms with Gasteiger partial charge in [-0.15, -0.1) is 0 Å². The average molecular weight is 261 g/mol. The lowest BCUT2D eigenvalue weighted by Gasteiger charge is -2.19. The van der Waals surface area contributed by atoms with Crippen LogP contribution in [0.4, 0.5) is 0 Å². The highest BCUT2D eigenvalue weighted by atomic mass is 16.5. The van der Waals surface area contributed by atoms with Gasteiger partial charge in [0.05, 0.1) is 6.61 Å². The first-order valence-electron chi connectivity index (χ1n) is 6.93. The molecule has 1 aromatic carbocycles. The predicted octanol–water partition coefficient (Wildman–Crippen LogP) is 2.77. The maximum absolute atomic E-state index is 5.46. The molecule has 3 nitrogen and oxygen atoms in total. The zero-order chi connectivity index (χ0) is 13.5. The van der Waals surface area contributed by atoms with Gasteiger partial charge in [-0.2, -0.15) is 0 Å². The van der Waals surface area contributed by atoms with E-state index in [2.05, 4.69) is 31.0 Å². The Balaban J connectivity index is 1.77. The summed E-state index contributed by atoms with van der Waals surface area (Å²) in [5, 5.41) is 3.57. The van der Waals surface area contributed by atoms with Crippen LogP contribution in [0.2, 0.25) is 0 Å². The Bertz CT molecular complexity index is 382. The van der Waals surface area contributed by atoms with Crippen molar-refractivity contribution in [1.29, 1.82) is 0 Å². The van der Waals surface area contributed by atoms with E-state index >= 15 is 0 Å². The summed E-state index contributed by atoms with van der Waals surface area (Å²) >= 11 is 0. The molecule has 1 fully saturated rings. The Morgan fingerprint density at radius 1 is 1.47 bits per heavy atom. The van der Waals surface area contributed by atoms with Crippen LogP contribution in [0.15, 0.2) is 36.9 Å². The van der Waals surface area contributed by atoms with E-state index in [-0.39, 0.29) is 0 Å². The smallest absolute Gasteiger partial charge is 0.119 e. The third kappa shape index (κ3) is 4.37. The van der Waals surface area contributed by atoms with Gasteiger partial charge in [0, 0.05) is 19.2 Å². The Labute approximate surface area is 115 Å². The number of benzene rings is 1. The molecular weight excluding hydrogens is 238 g/mol. The van der Waals surface area contributed by atoms with Gasteiger partial charge in [0.2, 0.25) is 0 Å². The van der Waals surface area contributed by atoms with Crippen molar-refractivity contribution >= 4 is 0 Å². The molecule has 0 radical (unpaired) electrons. The van der Waals surface area contributed by atoms with Crippen molar-refractivity contribution in [2.24, 2.45) is 5.92 Å². The molecule has 1 aliphatic heterocycles. The summed E-state index contributed by atoms with van der Waals surface area (Å²) in [7, 11) is 0. The van der Waals surface area contributed by atoms with Crippen molar-refractivity contribution in [2.75, 3.05) is 19.8 Å². The van der Waals surface area contributed by atoms with Gasteiger partial charge in [-0.3, -0.25) is 0 Å². The molecule has 1 aromatic rings. The normalized spacial score (nSPS) is 20.2. The number of rotatable bonds is 7. The fraction of sp³-hybridized carbons (Fsp3) is 0.500. The molecule has 0 amide bonds. The summed E-state index contributed by atoms with van der Waals surface area (Å²) in [6, 6.07) is 8.71. The molecule has 1 N–H and O–H groups in total. The van der Waals surface area contributed by atoms with E-state index in [1.54, 1.807) is 6.08 Å². The fourth-order valence-corrected chi connectivity index (χ4v) is 2.25. The second-order valence-corrected chi connectivity index (χ2v) is 5.04. The summed E-state index contributed by atoms with van der Waals surface area (Å²) < 4.78 is 10.9. The number of ether oxygens (including phenoxy) is 2. The molecule has 0 spiro atoms. The van der Waals surface area contributed by atoms with Gasteiger partial charge in [-0.1, -0.05) is 24.8 Å². The summed E-state index contributed by atoms with van der Waals surface area (Å²) in [6.07, 6.45) is 2.92. The van der Waals surface area contributed by atoms with Gasteiger partial charge in [0.25, 0.3) is 0 Å². The summed E-state index contributed by atoms with van der Waals surface area (Å²) in [5.41, 5.74) is 1.27. The van der Waals surface area contributed by atoms with Gasteiger partial charge in [0.15, 0.2) is 0 Å². The zero-order valence-corrected chi connectivity index (χ0v) is 11.6. The topological polar surface area (TPSA) is 30.5 Å². The highest BCUT2D eigenvalue weighted by molar-refractivity contribution is 5.27. The molecule has 104 valence electrons. The molecule has 2 rings (SSSR count). The van der Waals surface area contributed by atoms with Crippen LogP contribution in [-0.2, 0) is 11.3 Å². The van der Waals surface area contributed by atoms with Crippen molar-refractivity contribution in [3.63, 3.8) is 0 Å². The molecule has 0 bridgehead atoms. The number of hydrogen-bond acceptors (Lipinski definition) is 3. The maximum Gasteiger partial charge on any atom is 0.119 e. The largest absolute Gasteiger partial charge is 0.490 e. The first-order chi connectivity index (χ1) is 9.29. The second-order valence-electron chi connectivity index (χ2n) is 5.04. The van der Waals surface area contributed by atoms with E-state index in [4.69, 9.17) is 9.47 Å². The lowest BCUT2D eigenvalue weighted by molar-refractivity contribution is 0.178. The van der Waals surface area contributed by atoms with Gasteiger partial charge in [-0.25, -0.2) is 0 Å². The van der Waals surface area contributed by atoms with Gasteiger partial charge in [-0.05, 0) is 37.0 Å². The molecule has 1 heterocycles. The molecule has 19 heavy (non-hydrogen) atoms. The van der Waals surface area contributed by atoms with Crippen LogP contribution in [0.1, 0.15) is 18.9 Å². The summed E-state index contributed by atoms with van der Waals surface area (Å²) in [5.74, 6) is 1.54. The quantitative estimate of drug-likeness (QED) is 0.766. The molecule has 3 heteroatoms. The van der Waals surface area contributed by atoms with Gasteiger partial charge >= 0.3 is 0 Å². The van der Waals surface area contributed by atoms with E-state index in [1.165, 1.54) is 12.0 Å². The van der Waals surface area contributed by atoms with Crippen LogP contribution in [0.3, 0.4) is 0 Å².